The van der Waals surface area contributed by atoms with Crippen molar-refractivity contribution in [2.75, 3.05) is 50.1 Å². The fourth-order valence-corrected chi connectivity index (χ4v) is 3.63. The van der Waals surface area contributed by atoms with Crippen molar-refractivity contribution < 1.29 is 14.4 Å². The van der Waals surface area contributed by atoms with Gasteiger partial charge in [0.25, 0.3) is 5.91 Å². The average Bonchev–Trinajstić information content (AvgIpc) is 2.74. The first-order chi connectivity index (χ1) is 13.6. The van der Waals surface area contributed by atoms with Crippen molar-refractivity contribution in [2.45, 2.75) is 26.2 Å². The number of ether oxygens (including phenoxy) is 1. The molecule has 5 nitrogen and oxygen atoms in total. The molecule has 5 heteroatoms. The Morgan fingerprint density at radius 1 is 1.18 bits per heavy atom. The molecule has 2 aromatic carbocycles. The number of anilines is 2. The molecule has 1 fully saturated rings. The molecular weight excluding hydrogens is 350 g/mol. The van der Waals surface area contributed by atoms with Crippen molar-refractivity contribution in [3.05, 3.63) is 54.1 Å². The number of rotatable bonds is 7. The van der Waals surface area contributed by atoms with Crippen molar-refractivity contribution in [3.63, 3.8) is 0 Å². The Labute approximate surface area is 168 Å². The van der Waals surface area contributed by atoms with Gasteiger partial charge in [0.05, 0.1) is 33.3 Å². The molecule has 28 heavy (non-hydrogen) atoms. The number of nitrogens with zero attached hydrogens (tertiary/aromatic N) is 1. The molecule has 0 radical (unpaired) electrons. The lowest BCUT2D eigenvalue weighted by molar-refractivity contribution is -0.892. The topological polar surface area (TPSA) is 46.0 Å². The summed E-state index contributed by atoms with van der Waals surface area (Å²) in [6.07, 6.45) is 1.12. The minimum Gasteiger partial charge on any atom is -0.497 e. The van der Waals surface area contributed by atoms with E-state index in [-0.39, 0.29) is 5.91 Å². The largest absolute Gasteiger partial charge is 0.497 e. The number of hydrogen-bond acceptors (Lipinski definition) is 3. The number of quaternary nitrogens is 1. The highest BCUT2D eigenvalue weighted by Crippen LogP contribution is 2.21. The highest BCUT2D eigenvalue weighted by molar-refractivity contribution is 5.91. The van der Waals surface area contributed by atoms with Gasteiger partial charge in [0.2, 0.25) is 0 Å². The van der Waals surface area contributed by atoms with Gasteiger partial charge in [-0.15, -0.1) is 0 Å². The molecule has 1 aliphatic heterocycles. The third kappa shape index (κ3) is 5.26. The summed E-state index contributed by atoms with van der Waals surface area (Å²) in [5, 5.41) is 3.04. The molecule has 1 heterocycles. The van der Waals surface area contributed by atoms with Crippen LogP contribution < -0.4 is 19.9 Å². The Hall–Kier alpha value is -2.53. The SMILES string of the molecule is CC[C@H](C)c1ccc(NC(=O)C[NH+]2CCN(c3cccc(OC)c3)CC2)cc1. The molecule has 0 aromatic heterocycles. The molecule has 3 rings (SSSR count). The second-order valence-electron chi connectivity index (χ2n) is 7.59. The molecule has 0 unspecified atom stereocenters. The van der Waals surface area contributed by atoms with Gasteiger partial charge in [-0.1, -0.05) is 32.0 Å². The molecule has 1 saturated heterocycles. The van der Waals surface area contributed by atoms with Crippen LogP contribution in [0.3, 0.4) is 0 Å². The zero-order valence-corrected chi connectivity index (χ0v) is 17.2. The third-order valence-electron chi connectivity index (χ3n) is 5.68. The summed E-state index contributed by atoms with van der Waals surface area (Å²) < 4.78 is 5.32. The zero-order valence-electron chi connectivity index (χ0n) is 17.2. The van der Waals surface area contributed by atoms with E-state index in [0.29, 0.717) is 12.5 Å². The minimum atomic E-state index is 0.0844. The Balaban J connectivity index is 1.47. The lowest BCUT2D eigenvalue weighted by Crippen LogP contribution is -3.15. The summed E-state index contributed by atoms with van der Waals surface area (Å²) in [5.41, 5.74) is 3.38. The second kappa shape index (κ2) is 9.60. The Morgan fingerprint density at radius 2 is 1.89 bits per heavy atom. The third-order valence-corrected chi connectivity index (χ3v) is 5.68. The molecule has 2 N–H and O–H groups in total. The summed E-state index contributed by atoms with van der Waals surface area (Å²) in [6, 6.07) is 16.4. The smallest absolute Gasteiger partial charge is 0.279 e. The van der Waals surface area contributed by atoms with Crippen LogP contribution in [0.25, 0.3) is 0 Å². The van der Waals surface area contributed by atoms with Crippen molar-refractivity contribution in [2.24, 2.45) is 0 Å². The second-order valence-corrected chi connectivity index (χ2v) is 7.59. The van der Waals surface area contributed by atoms with Gasteiger partial charge >= 0.3 is 0 Å². The summed E-state index contributed by atoms with van der Waals surface area (Å²) in [4.78, 5) is 16.1. The van der Waals surface area contributed by atoms with Crippen LogP contribution in [0.1, 0.15) is 31.7 Å². The summed E-state index contributed by atoms with van der Waals surface area (Å²) in [7, 11) is 1.69. The molecule has 1 atom stereocenters. The lowest BCUT2D eigenvalue weighted by Gasteiger charge is -2.33. The van der Waals surface area contributed by atoms with Crippen molar-refractivity contribution in [1.82, 2.24) is 0 Å². The Bertz CT molecular complexity index is 768. The minimum absolute atomic E-state index is 0.0844. The maximum atomic E-state index is 12.4. The van der Waals surface area contributed by atoms with Crippen LogP contribution in [-0.4, -0.2) is 45.7 Å². The van der Waals surface area contributed by atoms with Crippen LogP contribution in [0.15, 0.2) is 48.5 Å². The number of piperazine rings is 1. The maximum absolute atomic E-state index is 12.4. The molecule has 0 saturated carbocycles. The van der Waals surface area contributed by atoms with E-state index in [9.17, 15) is 4.79 Å². The number of carbonyl (C=O) groups excluding carboxylic acids is 1. The highest BCUT2D eigenvalue weighted by Gasteiger charge is 2.22. The normalized spacial score (nSPS) is 15.9. The predicted octanol–water partition coefficient (Wildman–Crippen LogP) is 2.55. The quantitative estimate of drug-likeness (QED) is 0.774. The van der Waals surface area contributed by atoms with Gasteiger partial charge < -0.3 is 19.9 Å². The van der Waals surface area contributed by atoms with Crippen LogP contribution >= 0.6 is 0 Å². The monoisotopic (exact) mass is 382 g/mol. The van der Waals surface area contributed by atoms with Crippen LogP contribution in [0.4, 0.5) is 11.4 Å². The van der Waals surface area contributed by atoms with E-state index in [1.807, 2.05) is 24.3 Å². The van der Waals surface area contributed by atoms with Crippen LogP contribution in [0.5, 0.6) is 5.75 Å². The van der Waals surface area contributed by atoms with Crippen LogP contribution in [0.2, 0.25) is 0 Å². The zero-order chi connectivity index (χ0) is 19.9. The molecule has 0 bridgehead atoms. The summed E-state index contributed by atoms with van der Waals surface area (Å²) in [5.74, 6) is 1.52. The molecule has 0 aliphatic carbocycles. The number of nitrogens with one attached hydrogen (secondary N) is 2. The van der Waals surface area contributed by atoms with E-state index in [0.717, 1.165) is 44.0 Å². The molecular formula is C23H32N3O2+. The summed E-state index contributed by atoms with van der Waals surface area (Å²) in [6.45, 7) is 8.73. The number of hydrogen-bond donors (Lipinski definition) is 2. The van der Waals surface area contributed by atoms with Gasteiger partial charge in [-0.3, -0.25) is 4.79 Å². The van der Waals surface area contributed by atoms with Gasteiger partial charge in [-0.05, 0) is 42.2 Å². The van der Waals surface area contributed by atoms with Crippen molar-refractivity contribution in [1.29, 1.82) is 0 Å². The Morgan fingerprint density at radius 3 is 2.54 bits per heavy atom. The van der Waals surface area contributed by atoms with E-state index in [1.165, 1.54) is 16.2 Å². The maximum Gasteiger partial charge on any atom is 0.279 e. The predicted molar refractivity (Wildman–Crippen MR) is 115 cm³/mol. The van der Waals surface area contributed by atoms with Gasteiger partial charge in [0, 0.05) is 17.4 Å². The van der Waals surface area contributed by atoms with Crippen LogP contribution in [-0.2, 0) is 4.79 Å². The van der Waals surface area contributed by atoms with Gasteiger partial charge in [0.1, 0.15) is 5.75 Å². The standard InChI is InChI=1S/C23H31N3O2/c1-4-18(2)19-8-10-20(11-9-19)24-23(27)17-25-12-14-26(15-13-25)21-6-5-7-22(16-21)28-3/h5-11,16,18H,4,12-15,17H2,1-3H3,(H,24,27)/p+1/t18-/m0/s1. The molecule has 1 amide bonds. The number of carbonyl (C=O) groups is 1. The van der Waals surface area contributed by atoms with Gasteiger partial charge in [-0.2, -0.15) is 0 Å². The van der Waals surface area contributed by atoms with E-state index in [2.05, 4.69) is 48.3 Å². The lowest BCUT2D eigenvalue weighted by atomic mass is 9.99. The number of methoxy groups -OCH3 is 1. The van der Waals surface area contributed by atoms with Gasteiger partial charge in [0.15, 0.2) is 6.54 Å². The fraction of sp³-hybridized carbons (Fsp3) is 0.435. The molecule has 0 spiro atoms. The molecule has 1 aliphatic rings. The first kappa shape index (κ1) is 20.2. The first-order valence-corrected chi connectivity index (χ1v) is 10.2. The van der Waals surface area contributed by atoms with E-state index >= 15 is 0 Å². The first-order valence-electron chi connectivity index (χ1n) is 10.2. The number of amides is 1. The summed E-state index contributed by atoms with van der Waals surface area (Å²) >= 11 is 0. The van der Waals surface area contributed by atoms with E-state index < -0.39 is 0 Å². The van der Waals surface area contributed by atoms with Crippen molar-refractivity contribution >= 4 is 17.3 Å². The van der Waals surface area contributed by atoms with E-state index in [4.69, 9.17) is 4.74 Å². The number of benzene rings is 2. The Kier molecular flexibility index (Phi) is 6.93. The average molecular weight is 383 g/mol. The van der Waals surface area contributed by atoms with Crippen LogP contribution in [0, 0.1) is 0 Å². The van der Waals surface area contributed by atoms with E-state index in [1.54, 1.807) is 7.11 Å². The van der Waals surface area contributed by atoms with Crippen molar-refractivity contribution in [3.8, 4) is 5.75 Å². The highest BCUT2D eigenvalue weighted by atomic mass is 16.5. The molecule has 150 valence electrons. The van der Waals surface area contributed by atoms with Gasteiger partial charge in [-0.25, -0.2) is 0 Å². The fourth-order valence-electron chi connectivity index (χ4n) is 3.63. The molecule has 2 aromatic rings.